The van der Waals surface area contributed by atoms with Crippen LogP contribution in [0.3, 0.4) is 0 Å². The molecular weight excluding hydrogens is 576 g/mol. The second kappa shape index (κ2) is 9.70. The highest BCUT2D eigenvalue weighted by molar-refractivity contribution is 5.96. The maximum Gasteiger partial charge on any atom is 0.260 e. The van der Waals surface area contributed by atoms with Crippen molar-refractivity contribution in [2.24, 2.45) is 5.10 Å². The van der Waals surface area contributed by atoms with Gasteiger partial charge in [0.25, 0.3) is 11.5 Å². The van der Waals surface area contributed by atoms with Gasteiger partial charge in [-0.05, 0) is 44.0 Å². The molecule has 14 nitrogen and oxygen atoms in total. The summed E-state index contributed by atoms with van der Waals surface area (Å²) in [6.07, 6.45) is 1.23. The summed E-state index contributed by atoms with van der Waals surface area (Å²) in [5.74, 6) is -3.02. The van der Waals surface area contributed by atoms with Crippen LogP contribution in [0.15, 0.2) is 47.3 Å². The Bertz CT molecular complexity index is 2480. The third kappa shape index (κ3) is 3.74. The molecule has 1 spiro atoms. The number of ether oxygens (including phenoxy) is 1. The molecule has 2 aromatic rings. The number of phenolic OH excluding ortho intramolecular Hbond substituents is 1. The molecule has 1 heterocycles. The number of aromatic amines is 1. The molecule has 0 aliphatic heterocycles. The summed E-state index contributed by atoms with van der Waals surface area (Å²) in [6.45, 7) is 0.0902. The first-order chi connectivity index (χ1) is 20.8. The lowest BCUT2D eigenvalue weighted by Gasteiger charge is -2.27. The van der Waals surface area contributed by atoms with Crippen LogP contribution in [0.1, 0.15) is 23.2 Å². The highest BCUT2D eigenvalue weighted by Crippen LogP contribution is 2.54. The zero-order valence-corrected chi connectivity index (χ0v) is 23.5. The Morgan fingerprint density at radius 3 is 2.30 bits per heavy atom. The Labute approximate surface area is 244 Å². The van der Waals surface area contributed by atoms with Crippen LogP contribution in [-0.2, 0) is 16.6 Å². The van der Waals surface area contributed by atoms with Gasteiger partial charge < -0.3 is 29.9 Å². The van der Waals surface area contributed by atoms with Crippen LogP contribution in [0.5, 0.6) is 11.5 Å². The minimum atomic E-state index is -1.99. The zero-order valence-electron chi connectivity index (χ0n) is 23.5. The minimum absolute atomic E-state index is 0.0902. The van der Waals surface area contributed by atoms with Gasteiger partial charge in [-0.1, -0.05) is 6.07 Å². The Morgan fingerprint density at radius 2 is 1.66 bits per heavy atom. The van der Waals surface area contributed by atoms with E-state index in [0.717, 1.165) is 13.2 Å². The van der Waals surface area contributed by atoms with E-state index in [9.17, 15) is 44.1 Å². The standard InChI is InChI=1S/C30H24N4O10/c1-34(2)10-16(36)33-31-9-13-7-12-6-11-4-5-30(22(11)26(40)17(12)29(43)32-13)27(41)20-21(28(30)42)25(39)19-18(24(20)38)14(35)8-15(44-3)23(19)37/h6-9,40-42H,4-5,10H2,1-3H3,(H,32,43)(H,33,36). The van der Waals surface area contributed by atoms with Crippen molar-refractivity contribution < 1.29 is 24.9 Å². The fraction of sp³-hybridized carbons (Fsp3) is 0.233. The van der Waals surface area contributed by atoms with E-state index in [1.165, 1.54) is 12.3 Å². The van der Waals surface area contributed by atoms with Gasteiger partial charge in [0, 0.05) is 11.6 Å². The molecule has 4 aliphatic rings. The third-order valence-electron chi connectivity index (χ3n) is 8.13. The van der Waals surface area contributed by atoms with E-state index in [1.807, 2.05) is 0 Å². The Kier molecular flexibility index (Phi) is 6.28. The Hall–Kier alpha value is -5.63. The number of nitrogens with one attached hydrogen (secondary N) is 2. The molecule has 1 amide bonds. The number of methoxy groups -OCH3 is 1. The van der Waals surface area contributed by atoms with Gasteiger partial charge in [0.1, 0.15) is 22.7 Å². The number of carbonyl (C=O) groups excluding carboxylic acids is 1. The van der Waals surface area contributed by atoms with Gasteiger partial charge in [-0.15, -0.1) is 0 Å². The summed E-state index contributed by atoms with van der Waals surface area (Å²) in [7, 11) is 4.53. The number of likely N-dealkylation sites (N-methyl/N-ethyl adjacent to an activating group) is 1. The topological polar surface area (TPSA) is 216 Å². The molecule has 5 N–H and O–H groups in total. The first-order valence-electron chi connectivity index (χ1n) is 13.3. The van der Waals surface area contributed by atoms with Gasteiger partial charge in [-0.3, -0.25) is 28.8 Å². The molecule has 0 bridgehead atoms. The van der Waals surface area contributed by atoms with Gasteiger partial charge in [-0.2, -0.15) is 5.10 Å². The van der Waals surface area contributed by atoms with Crippen molar-refractivity contribution in [2.75, 3.05) is 27.7 Å². The van der Waals surface area contributed by atoms with Crippen LogP contribution < -0.4 is 47.9 Å². The summed E-state index contributed by atoms with van der Waals surface area (Å²) in [5, 5.41) is 35.6. The average Bonchev–Trinajstić information content (AvgIpc) is 3.44. The van der Waals surface area contributed by atoms with Crippen molar-refractivity contribution in [3.63, 3.8) is 0 Å². The molecule has 0 saturated heterocycles. The summed E-state index contributed by atoms with van der Waals surface area (Å²) >= 11 is 0. The summed E-state index contributed by atoms with van der Waals surface area (Å²) in [4.78, 5) is 82.0. The zero-order chi connectivity index (χ0) is 31.8. The molecule has 1 aromatic heterocycles. The molecule has 6 rings (SSSR count). The molecule has 14 heteroatoms. The number of rotatable bonds is 5. The van der Waals surface area contributed by atoms with Crippen molar-refractivity contribution in [1.82, 2.24) is 15.3 Å². The lowest BCUT2D eigenvalue weighted by atomic mass is 9.78. The lowest BCUT2D eigenvalue weighted by molar-refractivity contribution is -0.121. The second-order valence-electron chi connectivity index (χ2n) is 11.0. The van der Waals surface area contributed by atoms with Gasteiger partial charge in [0.2, 0.25) is 16.3 Å². The van der Waals surface area contributed by atoms with E-state index < -0.39 is 76.6 Å². The first kappa shape index (κ1) is 28.5. The minimum Gasteiger partial charge on any atom is -0.510 e. The van der Waals surface area contributed by atoms with E-state index in [4.69, 9.17) is 4.74 Å². The number of aromatic nitrogens is 1. The predicted octanol–water partition coefficient (Wildman–Crippen LogP) is -2.47. The van der Waals surface area contributed by atoms with Gasteiger partial charge in [-0.25, -0.2) is 5.43 Å². The van der Waals surface area contributed by atoms with Gasteiger partial charge in [0.15, 0.2) is 11.2 Å². The Morgan fingerprint density at radius 1 is 1.00 bits per heavy atom. The maximum absolute atomic E-state index is 13.6. The summed E-state index contributed by atoms with van der Waals surface area (Å²) < 4.78 is 4.89. The number of phenols is 1. The molecule has 0 saturated carbocycles. The van der Waals surface area contributed by atoms with Crippen molar-refractivity contribution in [3.05, 3.63) is 107 Å². The van der Waals surface area contributed by atoms with Crippen LogP contribution in [0.25, 0.3) is 22.3 Å². The molecule has 1 unspecified atom stereocenters. The van der Waals surface area contributed by atoms with E-state index in [-0.39, 0.29) is 47.3 Å². The first-order valence-corrected chi connectivity index (χ1v) is 13.3. The van der Waals surface area contributed by atoms with Crippen molar-refractivity contribution >= 4 is 34.4 Å². The molecule has 1 aromatic carbocycles. The number of H-pyrrole nitrogens is 1. The normalized spacial score (nSPS) is 17.4. The smallest absolute Gasteiger partial charge is 0.260 e. The summed E-state index contributed by atoms with van der Waals surface area (Å²) in [6, 6.07) is 3.83. The van der Waals surface area contributed by atoms with E-state index in [2.05, 4.69) is 15.5 Å². The second-order valence-corrected chi connectivity index (χ2v) is 11.0. The van der Waals surface area contributed by atoms with E-state index in [0.29, 0.717) is 5.56 Å². The number of pyridine rings is 1. The SMILES string of the molecule is COc1cc(=O)c2c(=O)c3c(c(=O)c=2c1=O)=C(O)C1(CCc2cc4cc(C=NNC(=O)CN(C)C)[nH]c(=O)c4c(O)c21)C=3O. The van der Waals surface area contributed by atoms with Crippen LogP contribution >= 0.6 is 0 Å². The Balaban J connectivity index is 1.59. The number of aryl methyl sites for hydroxylation is 1. The molecule has 1 atom stereocenters. The van der Waals surface area contributed by atoms with Crippen molar-refractivity contribution in [1.29, 1.82) is 0 Å². The van der Waals surface area contributed by atoms with E-state index >= 15 is 0 Å². The molecule has 0 fully saturated rings. The maximum atomic E-state index is 13.6. The highest BCUT2D eigenvalue weighted by Gasteiger charge is 2.53. The number of hydrogen-bond acceptors (Lipinski definition) is 12. The lowest BCUT2D eigenvalue weighted by Crippen LogP contribution is -2.51. The molecule has 44 heavy (non-hydrogen) atoms. The monoisotopic (exact) mass is 600 g/mol. The van der Waals surface area contributed by atoms with Crippen LogP contribution in [0.4, 0.5) is 0 Å². The number of amides is 1. The number of benzene rings is 1. The number of hydrazone groups is 1. The predicted molar refractivity (Wildman–Crippen MR) is 158 cm³/mol. The third-order valence-corrected chi connectivity index (χ3v) is 8.13. The number of aliphatic hydroxyl groups is 2. The fourth-order valence-corrected chi connectivity index (χ4v) is 6.33. The number of nitrogens with zero attached hydrogens (tertiary/aromatic N) is 2. The number of aromatic hydroxyl groups is 1. The number of carbonyl (C=O) groups is 1. The van der Waals surface area contributed by atoms with Crippen LogP contribution in [0.2, 0.25) is 0 Å². The van der Waals surface area contributed by atoms with Gasteiger partial charge >= 0.3 is 0 Å². The summed E-state index contributed by atoms with van der Waals surface area (Å²) in [5.41, 5.74) is -4.20. The fourth-order valence-electron chi connectivity index (χ4n) is 6.33. The van der Waals surface area contributed by atoms with Crippen molar-refractivity contribution in [2.45, 2.75) is 18.3 Å². The number of fused-ring (bicyclic) bond motifs is 4. The van der Waals surface area contributed by atoms with Crippen LogP contribution in [0, 0.1) is 10.4 Å². The molecular formula is C30H24N4O10. The van der Waals surface area contributed by atoms with Crippen molar-refractivity contribution in [3.8, 4) is 11.5 Å². The quantitative estimate of drug-likeness (QED) is 0.119. The van der Waals surface area contributed by atoms with Crippen LogP contribution in [-0.4, -0.2) is 65.1 Å². The molecule has 0 radical (unpaired) electrons. The molecule has 224 valence electrons. The number of aliphatic hydroxyl groups excluding tert-OH is 2. The number of hydrogen-bond donors (Lipinski definition) is 5. The largest absolute Gasteiger partial charge is 0.510 e. The molecule has 4 aliphatic carbocycles. The highest BCUT2D eigenvalue weighted by atomic mass is 16.5. The average molecular weight is 601 g/mol. The van der Waals surface area contributed by atoms with E-state index in [1.54, 1.807) is 25.1 Å². The van der Waals surface area contributed by atoms with Gasteiger partial charge in [0.05, 0.1) is 51.8 Å².